The fourth-order valence-corrected chi connectivity index (χ4v) is 1.86. The van der Waals surface area contributed by atoms with Gasteiger partial charge in [0.1, 0.15) is 0 Å². The Morgan fingerprint density at radius 2 is 1.62 bits per heavy atom. The van der Waals surface area contributed by atoms with Crippen LogP contribution in [0.15, 0.2) is 36.5 Å². The second kappa shape index (κ2) is 15.0. The van der Waals surface area contributed by atoms with Gasteiger partial charge in [0.05, 0.1) is 6.10 Å². The Morgan fingerprint density at radius 3 is 2.33 bits per heavy atom. The van der Waals surface area contributed by atoms with Crippen molar-refractivity contribution in [1.82, 2.24) is 0 Å². The molecule has 0 heterocycles. The summed E-state index contributed by atoms with van der Waals surface area (Å²) in [7, 11) is 0. The summed E-state index contributed by atoms with van der Waals surface area (Å²) >= 11 is 0. The molecule has 0 fully saturated rings. The second-order valence-corrected chi connectivity index (χ2v) is 5.19. The van der Waals surface area contributed by atoms with E-state index in [1.165, 1.54) is 19.3 Å². The third-order valence-corrected chi connectivity index (χ3v) is 3.09. The lowest BCUT2D eigenvalue weighted by molar-refractivity contribution is -0.137. The molecule has 2 N–H and O–H groups in total. The standard InChI is InChI=1S/C18H30O3/c1-2-3-4-8-11-14-17(19)15-12-9-6-5-7-10-13-16-18(20)21/h5-6,11-12,14-15,17,19H,2-4,7-10,13,16H2,1H3,(H,20,21)/b6-5-,14-11-,15-12-/t17-/m1/s1/i18+2. The fourth-order valence-electron chi connectivity index (χ4n) is 1.86. The molecule has 0 aliphatic carbocycles. The summed E-state index contributed by atoms with van der Waals surface area (Å²) in [6, 6.07) is 0. The molecule has 1 atom stereocenters. The molecule has 0 aromatic heterocycles. The summed E-state index contributed by atoms with van der Waals surface area (Å²) in [5.41, 5.74) is 0. The van der Waals surface area contributed by atoms with Gasteiger partial charge in [-0.2, -0.15) is 0 Å². The molecule has 0 aliphatic rings. The van der Waals surface area contributed by atoms with Gasteiger partial charge in [-0.3, -0.25) is 4.79 Å². The van der Waals surface area contributed by atoms with Gasteiger partial charge in [0.25, 0.3) is 0 Å². The van der Waals surface area contributed by atoms with E-state index in [9.17, 15) is 9.90 Å². The normalized spacial score (nSPS) is 13.6. The minimum atomic E-state index is -0.723. The van der Waals surface area contributed by atoms with Crippen LogP contribution in [0, 0.1) is 0 Å². The van der Waals surface area contributed by atoms with Gasteiger partial charge < -0.3 is 10.2 Å². The summed E-state index contributed by atoms with van der Waals surface area (Å²) in [4.78, 5) is 10.3. The van der Waals surface area contributed by atoms with Crippen molar-refractivity contribution in [3.05, 3.63) is 36.5 Å². The van der Waals surface area contributed by atoms with Gasteiger partial charge >= 0.3 is 5.97 Å². The van der Waals surface area contributed by atoms with Crippen molar-refractivity contribution in [2.75, 3.05) is 0 Å². The van der Waals surface area contributed by atoms with Crippen LogP contribution in [0.3, 0.4) is 0 Å². The van der Waals surface area contributed by atoms with Gasteiger partial charge in [0.2, 0.25) is 0 Å². The second-order valence-electron chi connectivity index (χ2n) is 5.19. The highest BCUT2D eigenvalue weighted by Gasteiger charge is 1.94. The summed E-state index contributed by atoms with van der Waals surface area (Å²) < 4.78 is 0. The van der Waals surface area contributed by atoms with Gasteiger partial charge in [0, 0.05) is 6.42 Å². The van der Waals surface area contributed by atoms with E-state index in [1.54, 1.807) is 6.08 Å². The Balaban J connectivity index is 3.54. The Labute approximate surface area is 129 Å². The number of hydrogen-bond acceptors (Lipinski definition) is 2. The van der Waals surface area contributed by atoms with Crippen molar-refractivity contribution in [2.45, 2.75) is 70.8 Å². The van der Waals surface area contributed by atoms with Gasteiger partial charge in [-0.05, 0) is 38.5 Å². The first-order valence-electron chi connectivity index (χ1n) is 8.05. The Hall–Kier alpha value is -1.35. The maximum absolute atomic E-state index is 10.3. The van der Waals surface area contributed by atoms with Gasteiger partial charge in [-0.25, -0.2) is 0 Å². The summed E-state index contributed by atoms with van der Waals surface area (Å²) in [6.07, 6.45) is 19.6. The van der Waals surface area contributed by atoms with E-state index in [4.69, 9.17) is 5.11 Å². The Bertz CT molecular complexity index is 329. The first kappa shape index (κ1) is 19.7. The molecule has 0 aromatic rings. The highest BCUT2D eigenvalue weighted by atomic mass is 16.6. The monoisotopic (exact) mass is 296 g/mol. The van der Waals surface area contributed by atoms with Crippen LogP contribution >= 0.6 is 0 Å². The topological polar surface area (TPSA) is 57.5 Å². The van der Waals surface area contributed by atoms with Crippen LogP contribution in [-0.2, 0) is 4.79 Å². The van der Waals surface area contributed by atoms with Crippen LogP contribution in [0.5, 0.6) is 0 Å². The maximum Gasteiger partial charge on any atom is 0.303 e. The Kier molecular flexibility index (Phi) is 14.1. The molecule has 0 amide bonds. The zero-order chi connectivity index (χ0) is 15.8. The van der Waals surface area contributed by atoms with E-state index in [-0.39, 0.29) is 6.42 Å². The van der Waals surface area contributed by atoms with Crippen molar-refractivity contribution < 1.29 is 15.0 Å². The Morgan fingerprint density at radius 1 is 0.952 bits per heavy atom. The molecule has 0 spiro atoms. The zero-order valence-corrected chi connectivity index (χ0v) is 13.2. The van der Waals surface area contributed by atoms with E-state index in [0.717, 1.165) is 32.1 Å². The smallest absolute Gasteiger partial charge is 0.303 e. The number of allylic oxidation sites excluding steroid dienone is 4. The minimum absolute atomic E-state index is 0.254. The van der Waals surface area contributed by atoms with Crippen LogP contribution in [-0.4, -0.2) is 22.3 Å². The SMILES string of the molecule is CCCCC/C=C\[C@@H](O)/C=C\C/C=C\CCCC[14C](=O)O. The molecule has 3 heteroatoms. The minimum Gasteiger partial charge on any atom is -0.481 e. The predicted octanol–water partition coefficient (Wildman–Crippen LogP) is 4.63. The molecule has 0 aliphatic heterocycles. The molecule has 0 aromatic carbocycles. The van der Waals surface area contributed by atoms with Gasteiger partial charge in [0.15, 0.2) is 0 Å². The van der Waals surface area contributed by atoms with Crippen molar-refractivity contribution in [3.8, 4) is 0 Å². The highest BCUT2D eigenvalue weighted by Crippen LogP contribution is 2.03. The fraction of sp³-hybridized carbons (Fsp3) is 0.611. The number of carboxylic acid groups (broad SMARTS) is 1. The van der Waals surface area contributed by atoms with Crippen LogP contribution in [0.2, 0.25) is 0 Å². The number of aliphatic carboxylic acids is 1. The lowest BCUT2D eigenvalue weighted by Crippen LogP contribution is -1.95. The number of carbonyl (C=O) groups is 1. The average Bonchev–Trinajstić information content (AvgIpc) is 2.45. The van der Waals surface area contributed by atoms with Crippen LogP contribution in [0.25, 0.3) is 0 Å². The third kappa shape index (κ3) is 16.6. The highest BCUT2D eigenvalue weighted by molar-refractivity contribution is 5.66. The molecule has 0 radical (unpaired) electrons. The van der Waals surface area contributed by atoms with Gasteiger partial charge in [-0.15, -0.1) is 0 Å². The summed E-state index contributed by atoms with van der Waals surface area (Å²) in [6.45, 7) is 2.18. The van der Waals surface area contributed by atoms with E-state index >= 15 is 0 Å². The van der Waals surface area contributed by atoms with E-state index in [2.05, 4.69) is 19.1 Å². The third-order valence-electron chi connectivity index (χ3n) is 3.09. The van der Waals surface area contributed by atoms with Crippen molar-refractivity contribution >= 4 is 5.97 Å². The van der Waals surface area contributed by atoms with Crippen LogP contribution in [0.1, 0.15) is 64.7 Å². The molecular weight excluding hydrogens is 266 g/mol. The molecule has 0 rings (SSSR count). The molecule has 3 nitrogen and oxygen atoms in total. The molecular formula is C18H30O3. The zero-order valence-electron chi connectivity index (χ0n) is 13.2. The van der Waals surface area contributed by atoms with E-state index in [1.807, 2.05) is 18.2 Å². The number of aliphatic hydroxyl groups excluding tert-OH is 1. The number of unbranched alkanes of at least 4 members (excludes halogenated alkanes) is 5. The quantitative estimate of drug-likeness (QED) is 0.385. The molecule has 0 unspecified atom stereocenters. The van der Waals surface area contributed by atoms with Crippen molar-refractivity contribution in [3.63, 3.8) is 0 Å². The van der Waals surface area contributed by atoms with Crippen LogP contribution in [0.4, 0.5) is 0 Å². The maximum atomic E-state index is 10.3. The van der Waals surface area contributed by atoms with Crippen molar-refractivity contribution in [2.24, 2.45) is 0 Å². The first-order valence-corrected chi connectivity index (χ1v) is 8.05. The number of rotatable bonds is 13. The number of carboxylic acids is 1. The van der Waals surface area contributed by atoms with Gasteiger partial charge in [-0.1, -0.05) is 56.2 Å². The summed E-state index contributed by atoms with van der Waals surface area (Å²) in [5, 5.41) is 18.2. The average molecular weight is 296 g/mol. The molecule has 0 bridgehead atoms. The van der Waals surface area contributed by atoms with Crippen molar-refractivity contribution in [1.29, 1.82) is 0 Å². The predicted molar refractivity (Wildman–Crippen MR) is 88.3 cm³/mol. The van der Waals surface area contributed by atoms with E-state index in [0.29, 0.717) is 0 Å². The number of hydrogen-bond donors (Lipinski definition) is 2. The molecule has 120 valence electrons. The molecule has 0 saturated carbocycles. The molecule has 0 saturated heterocycles. The summed E-state index contributed by atoms with van der Waals surface area (Å²) in [5.74, 6) is -0.723. The molecule has 21 heavy (non-hydrogen) atoms. The lowest BCUT2D eigenvalue weighted by atomic mass is 10.1. The van der Waals surface area contributed by atoms with Crippen LogP contribution < -0.4 is 0 Å². The van der Waals surface area contributed by atoms with E-state index < -0.39 is 12.1 Å². The first-order chi connectivity index (χ1) is 10.2. The number of aliphatic hydroxyl groups is 1. The lowest BCUT2D eigenvalue weighted by Gasteiger charge is -1.97. The largest absolute Gasteiger partial charge is 0.481 e.